The van der Waals surface area contributed by atoms with Crippen LogP contribution in [0.15, 0.2) is 126 Å². The van der Waals surface area contributed by atoms with E-state index < -0.39 is 0 Å². The molecular formula is C58H60N2O. The molecule has 3 nitrogen and oxygen atoms in total. The fraction of sp³-hybridized carbons (Fsp3) is 0.345. The van der Waals surface area contributed by atoms with E-state index in [1.54, 1.807) is 0 Å². The maximum atomic E-state index is 6.87. The first kappa shape index (κ1) is 39.6. The van der Waals surface area contributed by atoms with E-state index in [-0.39, 0.29) is 10.8 Å². The zero-order chi connectivity index (χ0) is 41.6. The zero-order valence-electron chi connectivity index (χ0n) is 36.7. The predicted octanol–water partition coefficient (Wildman–Crippen LogP) is 16.1. The van der Waals surface area contributed by atoms with Gasteiger partial charge in [0.25, 0.3) is 0 Å². The topological polar surface area (TPSA) is 38.9 Å². The summed E-state index contributed by atoms with van der Waals surface area (Å²) >= 11 is 0. The third-order valence-corrected chi connectivity index (χ3v) is 14.6. The molecule has 0 fully saturated rings. The molecule has 0 saturated heterocycles. The fourth-order valence-electron chi connectivity index (χ4n) is 11.8. The molecule has 0 aliphatic heterocycles. The van der Waals surface area contributed by atoms with Gasteiger partial charge in [-0.1, -0.05) is 200 Å². The molecule has 1 spiro atoms. The van der Waals surface area contributed by atoms with Gasteiger partial charge in [0, 0.05) is 16.5 Å². The molecule has 0 saturated carbocycles. The number of hydrogen-bond donors (Lipinski definition) is 0. The van der Waals surface area contributed by atoms with Gasteiger partial charge in [0.2, 0.25) is 11.8 Å². The van der Waals surface area contributed by atoms with Gasteiger partial charge in [0.05, 0.1) is 5.41 Å². The summed E-state index contributed by atoms with van der Waals surface area (Å²) < 4.78 is 6.87. The summed E-state index contributed by atoms with van der Waals surface area (Å²) in [5, 5.41) is 9.70. The van der Waals surface area contributed by atoms with Crippen molar-refractivity contribution in [3.63, 3.8) is 0 Å². The smallest absolute Gasteiger partial charge is 0.248 e. The average Bonchev–Trinajstić information content (AvgIpc) is 4.03. The van der Waals surface area contributed by atoms with Crippen molar-refractivity contribution in [3.8, 4) is 56.3 Å². The molecule has 0 bridgehead atoms. The summed E-state index contributed by atoms with van der Waals surface area (Å²) in [5.41, 5.74) is 20.3. The van der Waals surface area contributed by atoms with Crippen molar-refractivity contribution in [2.24, 2.45) is 0 Å². The number of aryl methyl sites for hydroxylation is 2. The molecule has 308 valence electrons. The summed E-state index contributed by atoms with van der Waals surface area (Å²) in [7, 11) is 0. The third kappa shape index (κ3) is 6.45. The van der Waals surface area contributed by atoms with E-state index in [0.717, 1.165) is 11.1 Å². The van der Waals surface area contributed by atoms with Gasteiger partial charge < -0.3 is 4.42 Å². The summed E-state index contributed by atoms with van der Waals surface area (Å²) in [6.07, 6.45) is 18.0. The van der Waals surface area contributed by atoms with Crippen LogP contribution in [0.2, 0.25) is 0 Å². The van der Waals surface area contributed by atoms with Crippen molar-refractivity contribution in [2.45, 2.75) is 128 Å². The first-order chi connectivity index (χ1) is 30.0. The van der Waals surface area contributed by atoms with E-state index in [9.17, 15) is 0 Å². The monoisotopic (exact) mass is 800 g/mol. The lowest BCUT2D eigenvalue weighted by Gasteiger charge is -2.33. The Morgan fingerprint density at radius 3 is 1.56 bits per heavy atom. The fourth-order valence-corrected chi connectivity index (χ4v) is 11.8. The molecule has 0 amide bonds. The minimum Gasteiger partial charge on any atom is -0.416 e. The Morgan fingerprint density at radius 2 is 0.934 bits per heavy atom. The Hall–Kier alpha value is -5.54. The minimum atomic E-state index is -0.372. The van der Waals surface area contributed by atoms with Crippen LogP contribution in [0.4, 0.5) is 0 Å². The van der Waals surface area contributed by atoms with Gasteiger partial charge in [-0.15, -0.1) is 10.2 Å². The van der Waals surface area contributed by atoms with Crippen molar-refractivity contribution in [1.82, 2.24) is 10.2 Å². The summed E-state index contributed by atoms with van der Waals surface area (Å²) in [5.74, 6) is 1.17. The lowest BCUT2D eigenvalue weighted by molar-refractivity contribution is 0.397. The lowest BCUT2D eigenvalue weighted by atomic mass is 9.70. The maximum absolute atomic E-state index is 6.87. The highest BCUT2D eigenvalue weighted by Crippen LogP contribution is 2.63. The Morgan fingerprint density at radius 1 is 0.410 bits per heavy atom. The Kier molecular flexibility index (Phi) is 10.6. The van der Waals surface area contributed by atoms with Crippen molar-refractivity contribution in [3.05, 3.63) is 166 Å². The number of hydrogen-bond acceptors (Lipinski definition) is 3. The van der Waals surface area contributed by atoms with E-state index in [1.807, 2.05) is 0 Å². The average molecular weight is 801 g/mol. The number of rotatable bonds is 16. The first-order valence-electron chi connectivity index (χ1n) is 23.5. The summed E-state index contributed by atoms with van der Waals surface area (Å²) in [6, 6.07) is 45.8. The van der Waals surface area contributed by atoms with Crippen molar-refractivity contribution >= 4 is 0 Å². The molecule has 10 rings (SSSR count). The number of nitrogens with zero attached hydrogens (tertiary/aromatic N) is 2. The van der Waals surface area contributed by atoms with E-state index in [2.05, 4.69) is 149 Å². The Labute approximate surface area is 363 Å². The van der Waals surface area contributed by atoms with Gasteiger partial charge in [-0.05, 0) is 117 Å². The zero-order valence-corrected chi connectivity index (χ0v) is 36.7. The van der Waals surface area contributed by atoms with Gasteiger partial charge in [-0.2, -0.15) is 0 Å². The second-order valence-electron chi connectivity index (χ2n) is 18.5. The molecule has 3 heteroatoms. The van der Waals surface area contributed by atoms with E-state index >= 15 is 0 Å². The first-order valence-corrected chi connectivity index (χ1v) is 23.5. The van der Waals surface area contributed by atoms with Crippen molar-refractivity contribution < 1.29 is 4.42 Å². The number of fused-ring (bicyclic) bond motifs is 13. The Bertz CT molecular complexity index is 2670. The number of aromatic nitrogens is 2. The SMILES string of the molecule is CCCCCCCCC1(CCCCCCCC)c2cc(C)ccc2-c2c(-c3nnc(-c4ccc5c(c4)-c4ccccc4C54c5ccccc5-c5ccccc54)o3)cc(C)cc21. The normalized spacial score (nSPS) is 14.4. The number of benzene rings is 6. The van der Waals surface area contributed by atoms with E-state index in [4.69, 9.17) is 14.6 Å². The van der Waals surface area contributed by atoms with Crippen LogP contribution in [0.5, 0.6) is 0 Å². The lowest BCUT2D eigenvalue weighted by Crippen LogP contribution is -2.26. The Balaban J connectivity index is 1.05. The second-order valence-corrected chi connectivity index (χ2v) is 18.5. The van der Waals surface area contributed by atoms with Gasteiger partial charge in [0.1, 0.15) is 0 Å². The third-order valence-electron chi connectivity index (χ3n) is 14.6. The predicted molar refractivity (Wildman–Crippen MR) is 253 cm³/mol. The van der Waals surface area contributed by atoms with Crippen LogP contribution >= 0.6 is 0 Å². The summed E-state index contributed by atoms with van der Waals surface area (Å²) in [6.45, 7) is 9.14. The van der Waals surface area contributed by atoms with Crippen LogP contribution in [-0.2, 0) is 10.8 Å². The molecule has 1 aromatic heterocycles. The molecular weight excluding hydrogens is 741 g/mol. The quantitative estimate of drug-likeness (QED) is 0.0914. The maximum Gasteiger partial charge on any atom is 0.248 e. The molecule has 0 unspecified atom stereocenters. The standard InChI is InChI=1S/C58H60N2O/c1-5-7-9-11-13-21-33-57(34-22-14-12-10-8-6-2)52-36-39(3)29-31-45(52)54-47(35-40(4)37-53(54)57)56-60-59-55(61-56)41-30-32-51-46(38-41)44-25-17-20-28-50(44)58(51)48-26-18-15-23-42(48)43-24-16-19-27-49(43)58/h15-20,23-32,35-38H,5-14,21-22,33-34H2,1-4H3. The molecule has 7 aromatic rings. The second kappa shape index (κ2) is 16.4. The minimum absolute atomic E-state index is 0.0172. The molecule has 6 aromatic carbocycles. The van der Waals surface area contributed by atoms with Gasteiger partial charge in [-0.25, -0.2) is 0 Å². The van der Waals surface area contributed by atoms with E-state index in [0.29, 0.717) is 11.8 Å². The number of unbranched alkanes of at least 4 members (excludes halogenated alkanes) is 10. The van der Waals surface area contributed by atoms with Crippen LogP contribution < -0.4 is 0 Å². The highest BCUT2D eigenvalue weighted by molar-refractivity contribution is 5.96. The van der Waals surface area contributed by atoms with Crippen molar-refractivity contribution in [1.29, 1.82) is 0 Å². The van der Waals surface area contributed by atoms with Crippen LogP contribution in [0.25, 0.3) is 56.3 Å². The van der Waals surface area contributed by atoms with Crippen LogP contribution in [0.3, 0.4) is 0 Å². The van der Waals surface area contributed by atoms with Gasteiger partial charge in [0.15, 0.2) is 0 Å². The molecule has 1 heterocycles. The van der Waals surface area contributed by atoms with E-state index in [1.165, 1.54) is 168 Å². The molecule has 3 aliphatic carbocycles. The van der Waals surface area contributed by atoms with Crippen molar-refractivity contribution in [2.75, 3.05) is 0 Å². The molecule has 3 aliphatic rings. The highest BCUT2D eigenvalue weighted by atomic mass is 16.4. The van der Waals surface area contributed by atoms with Crippen LogP contribution in [0, 0.1) is 13.8 Å². The van der Waals surface area contributed by atoms with Crippen LogP contribution in [0.1, 0.15) is 148 Å². The van der Waals surface area contributed by atoms with Gasteiger partial charge in [-0.3, -0.25) is 0 Å². The summed E-state index contributed by atoms with van der Waals surface area (Å²) in [4.78, 5) is 0. The molecule has 61 heavy (non-hydrogen) atoms. The molecule has 0 atom stereocenters. The highest BCUT2D eigenvalue weighted by Gasteiger charge is 2.51. The molecule has 0 radical (unpaired) electrons. The van der Waals surface area contributed by atoms with Gasteiger partial charge >= 0.3 is 0 Å². The largest absolute Gasteiger partial charge is 0.416 e. The van der Waals surface area contributed by atoms with Crippen LogP contribution in [-0.4, -0.2) is 10.2 Å². The molecule has 0 N–H and O–H groups in total.